The molecule has 0 saturated carbocycles. The summed E-state index contributed by atoms with van der Waals surface area (Å²) in [6.45, 7) is 8.18. The molecule has 7 heteroatoms. The van der Waals surface area contributed by atoms with Crippen LogP contribution in [0, 0.1) is 13.8 Å². The number of amides is 1. The third-order valence-electron chi connectivity index (χ3n) is 4.90. The molecule has 6 nitrogen and oxygen atoms in total. The van der Waals surface area contributed by atoms with Gasteiger partial charge < -0.3 is 10.1 Å². The molecule has 0 aliphatic rings. The molecule has 0 aliphatic heterocycles. The van der Waals surface area contributed by atoms with E-state index in [9.17, 15) is 13.2 Å². The van der Waals surface area contributed by atoms with E-state index in [0.29, 0.717) is 12.3 Å². The van der Waals surface area contributed by atoms with E-state index in [0.717, 1.165) is 39.4 Å². The van der Waals surface area contributed by atoms with Crippen LogP contribution in [0.2, 0.25) is 0 Å². The Balaban J connectivity index is 2.00. The molecule has 158 valence electrons. The number of benzene rings is 2. The van der Waals surface area contributed by atoms with Gasteiger partial charge in [0, 0.05) is 0 Å². The second kappa shape index (κ2) is 9.78. The summed E-state index contributed by atoms with van der Waals surface area (Å²) < 4.78 is 31.6. The Bertz CT molecular complexity index is 940. The fraction of sp³-hybridized carbons (Fsp3) is 0.409. The van der Waals surface area contributed by atoms with Gasteiger partial charge in [0.05, 0.1) is 18.5 Å². The molecule has 0 aromatic heterocycles. The zero-order valence-corrected chi connectivity index (χ0v) is 18.5. The fourth-order valence-electron chi connectivity index (χ4n) is 3.05. The first-order valence-electron chi connectivity index (χ1n) is 9.70. The van der Waals surface area contributed by atoms with Crippen LogP contribution in [0.25, 0.3) is 0 Å². The third-order valence-corrected chi connectivity index (χ3v) is 6.14. The summed E-state index contributed by atoms with van der Waals surface area (Å²) in [5.74, 6) is 0.403. The number of carbonyl (C=O) groups excluding carboxylic acids is 1. The van der Waals surface area contributed by atoms with Gasteiger partial charge in [-0.1, -0.05) is 31.2 Å². The molecule has 2 aromatic rings. The van der Waals surface area contributed by atoms with Crippen molar-refractivity contribution in [1.29, 1.82) is 0 Å². The normalized spacial score (nSPS) is 12.3. The van der Waals surface area contributed by atoms with Crippen LogP contribution in [0.3, 0.4) is 0 Å². The van der Waals surface area contributed by atoms with Crippen LogP contribution >= 0.6 is 0 Å². The number of sulfonamides is 1. The molecule has 0 fully saturated rings. The summed E-state index contributed by atoms with van der Waals surface area (Å²) in [6, 6.07) is 12.1. The van der Waals surface area contributed by atoms with Crippen LogP contribution in [0.15, 0.2) is 42.5 Å². The Kier molecular flexibility index (Phi) is 7.67. The van der Waals surface area contributed by atoms with Gasteiger partial charge in [0.1, 0.15) is 18.4 Å². The van der Waals surface area contributed by atoms with Gasteiger partial charge in [0.25, 0.3) is 0 Å². The van der Waals surface area contributed by atoms with Crippen molar-refractivity contribution in [2.75, 3.05) is 23.7 Å². The van der Waals surface area contributed by atoms with Crippen molar-refractivity contribution in [3.8, 4) is 5.75 Å². The third kappa shape index (κ3) is 5.97. The lowest BCUT2D eigenvalue weighted by Gasteiger charge is -2.28. The zero-order chi connectivity index (χ0) is 21.6. The molecule has 0 spiro atoms. The van der Waals surface area contributed by atoms with Crippen LogP contribution in [0.5, 0.6) is 5.75 Å². The van der Waals surface area contributed by atoms with Crippen molar-refractivity contribution in [2.24, 2.45) is 0 Å². The minimum atomic E-state index is -3.62. The number of hydrogen-bond acceptors (Lipinski definition) is 4. The van der Waals surface area contributed by atoms with Crippen LogP contribution in [0.1, 0.15) is 30.5 Å². The topological polar surface area (TPSA) is 75.7 Å². The smallest absolute Gasteiger partial charge is 0.243 e. The molecular formula is C22H30N2O4S. The lowest BCUT2D eigenvalue weighted by atomic mass is 10.1. The SMILES string of the molecule is CCc1ccc(N([C@H](C)C(=O)NCCOc2cccc(C)c2C)S(C)(=O)=O)cc1. The summed E-state index contributed by atoms with van der Waals surface area (Å²) in [4.78, 5) is 12.6. The van der Waals surface area contributed by atoms with Crippen LogP contribution < -0.4 is 14.4 Å². The monoisotopic (exact) mass is 418 g/mol. The van der Waals surface area contributed by atoms with E-state index in [4.69, 9.17) is 4.74 Å². The number of aryl methyl sites for hydroxylation is 2. The molecule has 0 saturated heterocycles. The standard InChI is InChI=1S/C22H30N2O4S/c1-6-19-10-12-20(13-11-19)24(29(5,26)27)18(4)22(25)23-14-15-28-21-9-7-8-16(2)17(21)3/h7-13,18H,6,14-15H2,1-5H3,(H,23,25)/t18-/m1/s1. The molecular weight excluding hydrogens is 388 g/mol. The lowest BCUT2D eigenvalue weighted by Crippen LogP contribution is -2.48. The molecule has 0 aliphatic carbocycles. The molecule has 0 radical (unpaired) electrons. The van der Waals surface area contributed by atoms with Gasteiger partial charge in [0.15, 0.2) is 0 Å². The van der Waals surface area contributed by atoms with Crippen molar-refractivity contribution < 1.29 is 17.9 Å². The van der Waals surface area contributed by atoms with Crippen molar-refractivity contribution in [3.05, 3.63) is 59.2 Å². The van der Waals surface area contributed by atoms with Gasteiger partial charge in [0.2, 0.25) is 15.9 Å². The quantitative estimate of drug-likeness (QED) is 0.635. The highest BCUT2D eigenvalue weighted by Gasteiger charge is 2.28. The van der Waals surface area contributed by atoms with E-state index in [2.05, 4.69) is 5.32 Å². The number of hydrogen-bond donors (Lipinski definition) is 1. The maximum atomic E-state index is 12.6. The number of ether oxygens (including phenoxy) is 1. The predicted molar refractivity (Wildman–Crippen MR) is 117 cm³/mol. The Morgan fingerprint density at radius 3 is 2.38 bits per heavy atom. The van der Waals surface area contributed by atoms with Gasteiger partial charge in [-0.05, 0) is 62.1 Å². The minimum absolute atomic E-state index is 0.281. The summed E-state index contributed by atoms with van der Waals surface area (Å²) in [6.07, 6.45) is 1.96. The van der Waals surface area contributed by atoms with Gasteiger partial charge >= 0.3 is 0 Å². The maximum Gasteiger partial charge on any atom is 0.243 e. The van der Waals surface area contributed by atoms with Crippen molar-refractivity contribution in [2.45, 2.75) is 40.2 Å². The highest BCUT2D eigenvalue weighted by molar-refractivity contribution is 7.92. The van der Waals surface area contributed by atoms with E-state index in [-0.39, 0.29) is 12.5 Å². The van der Waals surface area contributed by atoms with Gasteiger partial charge in [-0.2, -0.15) is 0 Å². The Hall–Kier alpha value is -2.54. The van der Waals surface area contributed by atoms with Gasteiger partial charge in [-0.25, -0.2) is 8.42 Å². The van der Waals surface area contributed by atoms with E-state index in [1.165, 1.54) is 0 Å². The number of nitrogens with zero attached hydrogens (tertiary/aromatic N) is 1. The first kappa shape index (κ1) is 22.7. The van der Waals surface area contributed by atoms with E-state index in [1.807, 2.05) is 51.1 Å². The average Bonchev–Trinajstić information content (AvgIpc) is 2.67. The van der Waals surface area contributed by atoms with Gasteiger partial charge in [-0.15, -0.1) is 0 Å². The molecule has 2 aromatic carbocycles. The second-order valence-corrected chi connectivity index (χ2v) is 8.95. The van der Waals surface area contributed by atoms with Crippen molar-refractivity contribution >= 4 is 21.6 Å². The van der Waals surface area contributed by atoms with Crippen molar-refractivity contribution in [3.63, 3.8) is 0 Å². The minimum Gasteiger partial charge on any atom is -0.491 e. The fourth-order valence-corrected chi connectivity index (χ4v) is 4.23. The second-order valence-electron chi connectivity index (χ2n) is 7.09. The predicted octanol–water partition coefficient (Wildman–Crippen LogP) is 3.22. The molecule has 0 bridgehead atoms. The molecule has 1 amide bonds. The summed E-state index contributed by atoms with van der Waals surface area (Å²) >= 11 is 0. The molecule has 0 unspecified atom stereocenters. The number of carbonyl (C=O) groups is 1. The lowest BCUT2D eigenvalue weighted by molar-refractivity contribution is -0.121. The largest absolute Gasteiger partial charge is 0.491 e. The number of nitrogens with one attached hydrogen (secondary N) is 1. The summed E-state index contributed by atoms with van der Waals surface area (Å²) in [5, 5.41) is 2.76. The number of rotatable bonds is 9. The number of anilines is 1. The first-order chi connectivity index (χ1) is 13.6. The maximum absolute atomic E-state index is 12.6. The molecule has 1 N–H and O–H groups in total. The van der Waals surface area contributed by atoms with Gasteiger partial charge in [-0.3, -0.25) is 9.10 Å². The highest BCUT2D eigenvalue weighted by Crippen LogP contribution is 2.22. The summed E-state index contributed by atoms with van der Waals surface area (Å²) in [7, 11) is -3.62. The Morgan fingerprint density at radius 1 is 1.14 bits per heavy atom. The average molecular weight is 419 g/mol. The molecule has 29 heavy (non-hydrogen) atoms. The molecule has 0 heterocycles. The Labute approximate surface area is 173 Å². The highest BCUT2D eigenvalue weighted by atomic mass is 32.2. The van der Waals surface area contributed by atoms with E-state index >= 15 is 0 Å². The van der Waals surface area contributed by atoms with Crippen LogP contribution in [-0.4, -0.2) is 39.8 Å². The first-order valence-corrected chi connectivity index (χ1v) is 11.5. The van der Waals surface area contributed by atoms with E-state index < -0.39 is 16.1 Å². The molecule has 1 atom stereocenters. The molecule has 2 rings (SSSR count). The van der Waals surface area contributed by atoms with E-state index in [1.54, 1.807) is 19.1 Å². The van der Waals surface area contributed by atoms with Crippen LogP contribution in [0.4, 0.5) is 5.69 Å². The Morgan fingerprint density at radius 2 is 1.79 bits per heavy atom. The zero-order valence-electron chi connectivity index (χ0n) is 17.7. The summed E-state index contributed by atoms with van der Waals surface area (Å²) in [5.41, 5.74) is 3.77. The van der Waals surface area contributed by atoms with Crippen LogP contribution in [-0.2, 0) is 21.2 Å². The van der Waals surface area contributed by atoms with Crippen molar-refractivity contribution in [1.82, 2.24) is 5.32 Å².